The summed E-state index contributed by atoms with van der Waals surface area (Å²) >= 11 is 1.09. The predicted octanol–water partition coefficient (Wildman–Crippen LogP) is 2.03. The fourth-order valence-corrected chi connectivity index (χ4v) is 3.42. The largest absolute Gasteiger partial charge is 0.463 e. The van der Waals surface area contributed by atoms with Crippen LogP contribution in [0.15, 0.2) is 28.4 Å². The van der Waals surface area contributed by atoms with Crippen LogP contribution in [-0.2, 0) is 20.9 Å². The third-order valence-corrected chi connectivity index (χ3v) is 4.76. The molecule has 0 saturated carbocycles. The molecule has 0 bridgehead atoms. The van der Waals surface area contributed by atoms with E-state index in [0.717, 1.165) is 17.0 Å². The maximum Gasteiger partial charge on any atom is 0.314 e. The number of thiazole rings is 1. The number of nitrogens with zero attached hydrogens (tertiary/aromatic N) is 1. The second kappa shape index (κ2) is 6.56. The zero-order valence-corrected chi connectivity index (χ0v) is 13.7. The molecule has 1 unspecified atom stereocenters. The first-order valence-corrected chi connectivity index (χ1v) is 8.24. The van der Waals surface area contributed by atoms with E-state index in [1.165, 1.54) is 22.8 Å². The lowest BCUT2D eigenvalue weighted by Crippen LogP contribution is -2.29. The Hall–Kier alpha value is -2.48. The van der Waals surface area contributed by atoms with Crippen LogP contribution in [-0.4, -0.2) is 23.1 Å². The maximum absolute atomic E-state index is 13.3. The number of halogens is 1. The smallest absolute Gasteiger partial charge is 0.314 e. The number of carbonyl (C=O) groups excluding carboxylic acids is 2. The van der Waals surface area contributed by atoms with Crippen molar-refractivity contribution in [2.75, 3.05) is 11.9 Å². The van der Waals surface area contributed by atoms with Crippen molar-refractivity contribution in [1.29, 1.82) is 0 Å². The molecule has 1 aromatic heterocycles. The summed E-state index contributed by atoms with van der Waals surface area (Å²) in [7, 11) is 0. The van der Waals surface area contributed by atoms with Gasteiger partial charge in [-0.3, -0.25) is 19.0 Å². The Labute approximate surface area is 140 Å². The molecular formula is C16H15FN2O4S. The summed E-state index contributed by atoms with van der Waals surface area (Å²) in [6.07, 6.45) is -0.0467. The molecule has 0 fully saturated rings. The van der Waals surface area contributed by atoms with E-state index < -0.39 is 17.7 Å². The molecule has 3 rings (SSSR count). The van der Waals surface area contributed by atoms with Gasteiger partial charge in [-0.2, -0.15) is 0 Å². The first-order valence-electron chi connectivity index (χ1n) is 7.36. The lowest BCUT2D eigenvalue weighted by molar-refractivity contribution is -0.147. The van der Waals surface area contributed by atoms with Gasteiger partial charge in [-0.25, -0.2) is 4.39 Å². The van der Waals surface area contributed by atoms with Crippen molar-refractivity contribution in [3.63, 3.8) is 0 Å². The number of esters is 1. The van der Waals surface area contributed by atoms with Crippen LogP contribution >= 0.6 is 11.3 Å². The normalized spacial score (nSPS) is 16.4. The standard InChI is InChI=1S/C16H15FN2O4S/c1-9-8-24-16(22)19(9)4-5-23-15(21)12-7-14(20)18-13-6-10(17)2-3-11(12)13/h2-3,6,8,12H,4-5,7H2,1H3,(H,18,20). The van der Waals surface area contributed by atoms with Crippen LogP contribution < -0.4 is 10.2 Å². The van der Waals surface area contributed by atoms with Crippen LogP contribution in [0.25, 0.3) is 0 Å². The van der Waals surface area contributed by atoms with Gasteiger partial charge in [0.05, 0.1) is 12.5 Å². The Kier molecular flexibility index (Phi) is 4.48. The number of ether oxygens (including phenoxy) is 1. The number of benzene rings is 1. The third kappa shape index (κ3) is 3.23. The molecule has 1 atom stereocenters. The van der Waals surface area contributed by atoms with E-state index in [2.05, 4.69) is 5.32 Å². The van der Waals surface area contributed by atoms with E-state index >= 15 is 0 Å². The van der Waals surface area contributed by atoms with Gasteiger partial charge in [-0.1, -0.05) is 17.4 Å². The van der Waals surface area contributed by atoms with Crippen molar-refractivity contribution in [3.05, 3.63) is 50.3 Å². The molecule has 1 aliphatic heterocycles. The number of hydrogen-bond acceptors (Lipinski definition) is 5. The highest BCUT2D eigenvalue weighted by Gasteiger charge is 2.32. The van der Waals surface area contributed by atoms with Crippen LogP contribution in [0.1, 0.15) is 23.6 Å². The van der Waals surface area contributed by atoms with E-state index in [1.807, 2.05) is 0 Å². The van der Waals surface area contributed by atoms with E-state index in [4.69, 9.17) is 4.74 Å². The van der Waals surface area contributed by atoms with E-state index in [-0.39, 0.29) is 36.0 Å². The fourth-order valence-electron chi connectivity index (χ4n) is 2.66. The summed E-state index contributed by atoms with van der Waals surface area (Å²) in [5.41, 5.74) is 1.63. The van der Waals surface area contributed by atoms with Crippen molar-refractivity contribution in [1.82, 2.24) is 4.57 Å². The Balaban J connectivity index is 1.69. The highest BCUT2D eigenvalue weighted by Crippen LogP contribution is 2.33. The Bertz CT molecular complexity index is 858. The van der Waals surface area contributed by atoms with Crippen LogP contribution in [0.3, 0.4) is 0 Å². The fraction of sp³-hybridized carbons (Fsp3) is 0.312. The van der Waals surface area contributed by atoms with Crippen LogP contribution in [0.5, 0.6) is 0 Å². The number of aromatic nitrogens is 1. The number of fused-ring (bicyclic) bond motifs is 1. The third-order valence-electron chi connectivity index (χ3n) is 3.87. The minimum atomic E-state index is -0.769. The number of carbonyl (C=O) groups is 2. The number of anilines is 1. The molecule has 6 nitrogen and oxygen atoms in total. The quantitative estimate of drug-likeness (QED) is 0.856. The van der Waals surface area contributed by atoms with E-state index in [9.17, 15) is 18.8 Å². The lowest BCUT2D eigenvalue weighted by Gasteiger charge is -2.24. The second-order valence-electron chi connectivity index (χ2n) is 5.50. The monoisotopic (exact) mass is 350 g/mol. The van der Waals surface area contributed by atoms with Gasteiger partial charge in [0, 0.05) is 23.2 Å². The van der Waals surface area contributed by atoms with Gasteiger partial charge in [-0.15, -0.1) is 0 Å². The topological polar surface area (TPSA) is 77.4 Å². The van der Waals surface area contributed by atoms with Gasteiger partial charge >= 0.3 is 10.8 Å². The zero-order chi connectivity index (χ0) is 17.3. The summed E-state index contributed by atoms with van der Waals surface area (Å²) in [6.45, 7) is 2.09. The highest BCUT2D eigenvalue weighted by atomic mass is 32.1. The van der Waals surface area contributed by atoms with Gasteiger partial charge in [0.2, 0.25) is 5.91 Å². The molecule has 126 valence electrons. The van der Waals surface area contributed by atoms with E-state index in [1.54, 1.807) is 12.3 Å². The van der Waals surface area contributed by atoms with Crippen molar-refractivity contribution in [3.8, 4) is 0 Å². The first kappa shape index (κ1) is 16.4. The number of nitrogens with one attached hydrogen (secondary N) is 1. The molecule has 2 heterocycles. The lowest BCUT2D eigenvalue weighted by atomic mass is 9.90. The molecule has 2 aromatic rings. The molecule has 1 aromatic carbocycles. The minimum absolute atomic E-state index is 0.0327. The molecule has 1 amide bonds. The average molecular weight is 350 g/mol. The molecule has 1 N–H and O–H groups in total. The first-order chi connectivity index (χ1) is 11.5. The number of rotatable bonds is 4. The molecule has 0 spiro atoms. The Morgan fingerprint density at radius 1 is 1.46 bits per heavy atom. The molecule has 0 radical (unpaired) electrons. The van der Waals surface area contributed by atoms with Crippen LogP contribution in [0.2, 0.25) is 0 Å². The van der Waals surface area contributed by atoms with E-state index in [0.29, 0.717) is 5.56 Å². The second-order valence-corrected chi connectivity index (χ2v) is 6.32. The number of aryl methyl sites for hydroxylation is 1. The van der Waals surface area contributed by atoms with Crippen molar-refractivity contribution in [2.45, 2.75) is 25.8 Å². The van der Waals surface area contributed by atoms with Gasteiger partial charge in [0.15, 0.2) is 0 Å². The summed E-state index contributed by atoms with van der Waals surface area (Å²) in [5.74, 6) is -2.18. The Morgan fingerprint density at radius 3 is 2.96 bits per heavy atom. The summed E-state index contributed by atoms with van der Waals surface area (Å²) in [6, 6.07) is 3.90. The highest BCUT2D eigenvalue weighted by molar-refractivity contribution is 7.07. The van der Waals surface area contributed by atoms with Crippen molar-refractivity contribution in [2.24, 2.45) is 0 Å². The summed E-state index contributed by atoms with van der Waals surface area (Å²) in [4.78, 5) is 35.5. The maximum atomic E-state index is 13.3. The summed E-state index contributed by atoms with van der Waals surface area (Å²) in [5, 5.41) is 4.28. The number of amides is 1. The van der Waals surface area contributed by atoms with Gasteiger partial charge < -0.3 is 10.1 Å². The van der Waals surface area contributed by atoms with Crippen LogP contribution in [0, 0.1) is 12.7 Å². The number of hydrogen-bond donors (Lipinski definition) is 1. The molecule has 0 saturated heterocycles. The SMILES string of the molecule is Cc1csc(=O)n1CCOC(=O)C1CC(=O)Nc2cc(F)ccc21. The zero-order valence-electron chi connectivity index (χ0n) is 12.9. The van der Waals surface area contributed by atoms with Gasteiger partial charge in [0.25, 0.3) is 0 Å². The molecule has 8 heteroatoms. The van der Waals surface area contributed by atoms with Crippen LogP contribution in [0.4, 0.5) is 10.1 Å². The molecule has 1 aliphatic rings. The minimum Gasteiger partial charge on any atom is -0.463 e. The van der Waals surface area contributed by atoms with Crippen molar-refractivity contribution >= 4 is 28.9 Å². The predicted molar refractivity (Wildman–Crippen MR) is 86.7 cm³/mol. The molecule has 0 aliphatic carbocycles. The molecule has 24 heavy (non-hydrogen) atoms. The Morgan fingerprint density at radius 2 is 2.25 bits per heavy atom. The average Bonchev–Trinajstić information content (AvgIpc) is 2.85. The van der Waals surface area contributed by atoms with Gasteiger partial charge in [-0.05, 0) is 24.6 Å². The van der Waals surface area contributed by atoms with Gasteiger partial charge in [0.1, 0.15) is 12.4 Å². The summed E-state index contributed by atoms with van der Waals surface area (Å²) < 4.78 is 20.0. The molecular weight excluding hydrogens is 335 g/mol. The van der Waals surface area contributed by atoms with Crippen molar-refractivity contribution < 1.29 is 18.7 Å².